The molecule has 2 fully saturated rings. The molecule has 1 atom stereocenters. The van der Waals surface area contributed by atoms with E-state index in [1.807, 2.05) is 0 Å². The quantitative estimate of drug-likeness (QED) is 0.202. The Bertz CT molecular complexity index is 1430. The molecular formula is C20H26ClN5O9P2. The van der Waals surface area contributed by atoms with Crippen LogP contribution in [0.5, 0.6) is 11.5 Å². The van der Waals surface area contributed by atoms with E-state index in [0.717, 1.165) is 19.5 Å². The monoisotopic (exact) mass is 577 g/mol. The summed E-state index contributed by atoms with van der Waals surface area (Å²) in [7, 11) is -9.57. The molecule has 3 aromatic heterocycles. The average Bonchev–Trinajstić information content (AvgIpc) is 3.48. The average molecular weight is 578 g/mol. The standard InChI is InChI=1S/C20H26ClN5O9P2/c21-19-23-16(25-7-6-20(9-25)4-2-1-3-5-20)13-17(24-19)26(10-22-13)18-15(28)14(27)12(35-18)8-34-37(32,33)11-36(29,30)31/h10,27-28H,1-9,11H2,(H,32,33)(H2,29,30,31). The molecule has 1 spiro atoms. The molecule has 4 heterocycles. The first-order valence-corrected chi connectivity index (χ1v) is 15.5. The number of halogens is 1. The van der Waals surface area contributed by atoms with Crippen molar-refractivity contribution < 1.29 is 43.0 Å². The number of furan rings is 1. The van der Waals surface area contributed by atoms with E-state index in [1.54, 1.807) is 0 Å². The number of rotatable bonds is 7. The fourth-order valence-corrected chi connectivity index (χ4v) is 7.86. The maximum absolute atomic E-state index is 11.9. The second kappa shape index (κ2) is 9.53. The van der Waals surface area contributed by atoms with Crippen molar-refractivity contribution in [2.45, 2.75) is 45.1 Å². The van der Waals surface area contributed by atoms with Gasteiger partial charge in [-0.2, -0.15) is 9.97 Å². The third kappa shape index (κ3) is 5.37. The summed E-state index contributed by atoms with van der Waals surface area (Å²) < 4.78 is 34.4. The summed E-state index contributed by atoms with van der Waals surface area (Å²) in [5, 5.41) is 20.7. The largest absolute Gasteiger partial charge is 0.502 e. The Kier molecular flexibility index (Phi) is 6.81. The van der Waals surface area contributed by atoms with Crippen molar-refractivity contribution in [2.75, 3.05) is 23.9 Å². The van der Waals surface area contributed by atoms with Gasteiger partial charge in [-0.1, -0.05) is 19.3 Å². The molecule has 1 aliphatic heterocycles. The third-order valence-electron chi connectivity index (χ3n) is 6.89. The van der Waals surface area contributed by atoms with Gasteiger partial charge in [0.25, 0.3) is 5.88 Å². The van der Waals surface area contributed by atoms with E-state index in [-0.39, 0.29) is 22.2 Å². The third-order valence-corrected chi connectivity index (χ3v) is 10.5. The van der Waals surface area contributed by atoms with Crippen LogP contribution in [0.3, 0.4) is 0 Å². The Morgan fingerprint density at radius 3 is 2.51 bits per heavy atom. The fraction of sp³-hybridized carbons (Fsp3) is 0.550. The van der Waals surface area contributed by atoms with Crippen molar-refractivity contribution in [2.24, 2.45) is 5.41 Å². The van der Waals surface area contributed by atoms with E-state index >= 15 is 0 Å². The minimum absolute atomic E-state index is 0.0497. The topological polar surface area (TPSA) is 204 Å². The van der Waals surface area contributed by atoms with E-state index in [9.17, 15) is 24.2 Å². The molecule has 2 aliphatic rings. The Morgan fingerprint density at radius 2 is 1.81 bits per heavy atom. The van der Waals surface area contributed by atoms with Gasteiger partial charge in [-0.25, -0.2) is 9.55 Å². The summed E-state index contributed by atoms with van der Waals surface area (Å²) >= 11 is 6.25. The molecular weight excluding hydrogens is 552 g/mol. The molecule has 5 rings (SSSR count). The molecule has 37 heavy (non-hydrogen) atoms. The van der Waals surface area contributed by atoms with Gasteiger partial charge >= 0.3 is 15.2 Å². The van der Waals surface area contributed by atoms with Crippen molar-refractivity contribution in [3.8, 4) is 17.4 Å². The van der Waals surface area contributed by atoms with Crippen LogP contribution < -0.4 is 4.90 Å². The summed E-state index contributed by atoms with van der Waals surface area (Å²) in [5.74, 6) is -3.14. The molecule has 5 N–H and O–H groups in total. The lowest BCUT2D eigenvalue weighted by atomic mass is 9.73. The van der Waals surface area contributed by atoms with E-state index in [4.69, 9.17) is 25.8 Å². The van der Waals surface area contributed by atoms with Gasteiger partial charge in [-0.15, -0.1) is 0 Å². The van der Waals surface area contributed by atoms with Crippen molar-refractivity contribution in [1.82, 2.24) is 19.5 Å². The highest BCUT2D eigenvalue weighted by atomic mass is 35.5. The van der Waals surface area contributed by atoms with E-state index in [0.29, 0.717) is 11.3 Å². The molecule has 1 unspecified atom stereocenters. The lowest BCUT2D eigenvalue weighted by molar-refractivity contribution is 0.219. The number of hydrogen-bond acceptors (Lipinski definition) is 10. The Hall–Kier alpha value is -2.18. The first kappa shape index (κ1) is 26.4. The zero-order valence-electron chi connectivity index (χ0n) is 19.5. The van der Waals surface area contributed by atoms with Gasteiger partial charge < -0.3 is 34.2 Å². The van der Waals surface area contributed by atoms with Gasteiger partial charge in [-0.05, 0) is 36.3 Å². The first-order valence-electron chi connectivity index (χ1n) is 11.6. The molecule has 1 aliphatic carbocycles. The maximum atomic E-state index is 11.9. The minimum atomic E-state index is -4.85. The summed E-state index contributed by atoms with van der Waals surface area (Å²) in [6, 6.07) is 0. The van der Waals surface area contributed by atoms with Crippen LogP contribution in [0.2, 0.25) is 5.28 Å². The normalized spacial score (nSPS) is 19.6. The van der Waals surface area contributed by atoms with Crippen LogP contribution in [0.4, 0.5) is 5.82 Å². The smallest absolute Gasteiger partial charge is 0.340 e. The highest BCUT2D eigenvalue weighted by Crippen LogP contribution is 2.56. The lowest BCUT2D eigenvalue weighted by Crippen LogP contribution is -2.29. The number of anilines is 1. The molecule has 202 valence electrons. The van der Waals surface area contributed by atoms with Crippen LogP contribution in [0.1, 0.15) is 44.3 Å². The van der Waals surface area contributed by atoms with Crippen LogP contribution >= 0.6 is 26.8 Å². The number of imidazole rings is 1. The zero-order chi connectivity index (χ0) is 26.6. The summed E-state index contributed by atoms with van der Waals surface area (Å²) in [4.78, 5) is 42.7. The number of aromatic nitrogens is 4. The van der Waals surface area contributed by atoms with Gasteiger partial charge in [0, 0.05) is 13.1 Å². The Balaban J connectivity index is 1.44. The second-order valence-corrected chi connectivity index (χ2v) is 13.9. The highest BCUT2D eigenvalue weighted by molar-refractivity contribution is 7.70. The van der Waals surface area contributed by atoms with Crippen molar-refractivity contribution >= 4 is 43.8 Å². The Morgan fingerprint density at radius 1 is 1.08 bits per heavy atom. The van der Waals surface area contributed by atoms with Gasteiger partial charge in [0.15, 0.2) is 28.6 Å². The zero-order valence-corrected chi connectivity index (χ0v) is 22.1. The molecule has 0 aromatic carbocycles. The molecule has 1 saturated carbocycles. The first-order chi connectivity index (χ1) is 17.4. The SMILES string of the molecule is O=P(O)(O)CP(=O)(O)OCc1oc(-n2cnc3c(N4CCC5(CCCCC5)C4)nc(Cl)nc32)c(O)c1O. The molecule has 3 aromatic rings. The van der Waals surface area contributed by atoms with Crippen LogP contribution in [-0.2, 0) is 20.3 Å². The predicted molar refractivity (Wildman–Crippen MR) is 131 cm³/mol. The molecule has 1 saturated heterocycles. The second-order valence-electron chi connectivity index (χ2n) is 9.58. The lowest BCUT2D eigenvalue weighted by Gasteiger charge is -2.33. The fourth-order valence-electron chi connectivity index (χ4n) is 5.20. The van der Waals surface area contributed by atoms with Crippen molar-refractivity contribution in [3.05, 3.63) is 17.4 Å². The maximum Gasteiger partial charge on any atom is 0.340 e. The molecule has 17 heteroatoms. The number of nitrogens with zero attached hydrogens (tertiary/aromatic N) is 5. The molecule has 14 nitrogen and oxygen atoms in total. The van der Waals surface area contributed by atoms with Gasteiger partial charge in [-0.3, -0.25) is 13.7 Å². The molecule has 0 radical (unpaired) electrons. The Labute approximate surface area is 215 Å². The van der Waals surface area contributed by atoms with Crippen molar-refractivity contribution in [1.29, 1.82) is 0 Å². The highest BCUT2D eigenvalue weighted by Gasteiger charge is 2.40. The number of hydrogen-bond donors (Lipinski definition) is 5. The van der Waals surface area contributed by atoms with Crippen molar-refractivity contribution in [3.63, 3.8) is 0 Å². The van der Waals surface area contributed by atoms with E-state index in [2.05, 4.69) is 24.4 Å². The number of aromatic hydroxyl groups is 2. The number of fused-ring (bicyclic) bond motifs is 1. The van der Waals surface area contributed by atoms with Gasteiger partial charge in [0.1, 0.15) is 12.9 Å². The predicted octanol–water partition coefficient (Wildman–Crippen LogP) is 3.47. The molecule has 0 bridgehead atoms. The van der Waals surface area contributed by atoms with Gasteiger partial charge in [0.2, 0.25) is 16.8 Å². The van der Waals surface area contributed by atoms with Crippen LogP contribution in [0.15, 0.2) is 10.7 Å². The van der Waals surface area contributed by atoms with Crippen LogP contribution in [0.25, 0.3) is 17.0 Å². The van der Waals surface area contributed by atoms with E-state index < -0.39 is 45.0 Å². The van der Waals surface area contributed by atoms with E-state index in [1.165, 1.54) is 43.0 Å². The summed E-state index contributed by atoms with van der Waals surface area (Å²) in [6.45, 7) is 0.766. The summed E-state index contributed by atoms with van der Waals surface area (Å²) in [5.41, 5.74) is 0.855. The van der Waals surface area contributed by atoms with Crippen LogP contribution in [-0.4, -0.2) is 63.4 Å². The van der Waals surface area contributed by atoms with Crippen LogP contribution in [0, 0.1) is 5.41 Å². The van der Waals surface area contributed by atoms with Gasteiger partial charge in [0.05, 0.1) is 0 Å². The minimum Gasteiger partial charge on any atom is -0.502 e. The summed E-state index contributed by atoms with van der Waals surface area (Å²) in [6.07, 6.45) is 8.35. The molecule has 0 amide bonds.